The molecule has 1 aromatic carbocycles. The third-order valence-corrected chi connectivity index (χ3v) is 5.97. The summed E-state index contributed by atoms with van der Waals surface area (Å²) in [5.74, 6) is -0.340. The summed E-state index contributed by atoms with van der Waals surface area (Å²) in [6.07, 6.45) is 6.67. The van der Waals surface area contributed by atoms with Gasteiger partial charge in [-0.15, -0.1) is 0 Å². The molecule has 0 aromatic heterocycles. The molecule has 0 N–H and O–H groups in total. The molecule has 0 atom stereocenters. The fourth-order valence-corrected chi connectivity index (χ4v) is 3.79. The first-order valence-electron chi connectivity index (χ1n) is 9.04. The summed E-state index contributed by atoms with van der Waals surface area (Å²) in [6, 6.07) is 6.73. The summed E-state index contributed by atoms with van der Waals surface area (Å²) < 4.78 is 26.0. The first-order chi connectivity index (χ1) is 11.8. The maximum absolute atomic E-state index is 12.6. The van der Waals surface area contributed by atoms with E-state index in [2.05, 4.69) is 6.92 Å². The summed E-state index contributed by atoms with van der Waals surface area (Å²) >= 11 is 0. The van der Waals surface area contributed by atoms with Gasteiger partial charge in [0.05, 0.1) is 4.90 Å². The molecule has 6 heteroatoms. The first-order valence-corrected chi connectivity index (χ1v) is 10.5. The molecule has 0 saturated heterocycles. The lowest BCUT2D eigenvalue weighted by Gasteiger charge is -2.18. The lowest BCUT2D eigenvalue weighted by atomic mass is 10.1. The molecule has 0 bridgehead atoms. The van der Waals surface area contributed by atoms with Gasteiger partial charge in [-0.2, -0.15) is 0 Å². The van der Waals surface area contributed by atoms with Crippen LogP contribution in [0.1, 0.15) is 57.4 Å². The highest BCUT2D eigenvalue weighted by Crippen LogP contribution is 2.17. The fourth-order valence-electron chi connectivity index (χ4n) is 2.64. The molecule has 0 saturated carbocycles. The fraction of sp³-hybridized carbons (Fsp3) is 0.632. The predicted molar refractivity (Wildman–Crippen MR) is 102 cm³/mol. The number of hydrogen-bond acceptors (Lipinski definition) is 4. The molecule has 0 aliphatic rings. The Labute approximate surface area is 153 Å². The van der Waals surface area contributed by atoms with Gasteiger partial charge in [-0.25, -0.2) is 12.7 Å². The summed E-state index contributed by atoms with van der Waals surface area (Å²) in [4.78, 5) is 14.4. The number of unbranched alkanes of at least 4 members (excludes halogenated alkanes) is 5. The van der Waals surface area contributed by atoms with Gasteiger partial charge in [-0.1, -0.05) is 51.2 Å². The molecular formula is C19H32N2O3S. The van der Waals surface area contributed by atoms with E-state index in [1.54, 1.807) is 24.3 Å². The van der Waals surface area contributed by atoms with E-state index in [-0.39, 0.29) is 17.2 Å². The number of sulfonamides is 1. The number of nitrogens with zero attached hydrogens (tertiary/aromatic N) is 2. The number of rotatable bonds is 11. The summed E-state index contributed by atoms with van der Waals surface area (Å²) in [7, 11) is 1.50. The van der Waals surface area contributed by atoms with Gasteiger partial charge < -0.3 is 4.90 Å². The van der Waals surface area contributed by atoms with E-state index in [1.165, 1.54) is 26.3 Å². The Hall–Kier alpha value is -1.40. The van der Waals surface area contributed by atoms with E-state index < -0.39 is 10.0 Å². The second-order valence-corrected chi connectivity index (χ2v) is 8.74. The Morgan fingerprint density at radius 3 is 2.04 bits per heavy atom. The maximum atomic E-state index is 12.6. The molecule has 0 unspecified atom stereocenters. The van der Waals surface area contributed by atoms with E-state index in [0.717, 1.165) is 35.7 Å². The largest absolute Gasteiger partial charge is 0.305 e. The van der Waals surface area contributed by atoms with E-state index in [4.69, 9.17) is 0 Å². The standard InChI is InChI=1S/C19H32N2O3S/c1-5-6-7-8-9-10-11-19(22)21(4)25(23,24)18-14-12-17(13-15-18)16-20(2)3/h12-15H,5-11,16H2,1-4H3. The van der Waals surface area contributed by atoms with Crippen molar-refractivity contribution in [2.45, 2.75) is 63.3 Å². The zero-order valence-corrected chi connectivity index (χ0v) is 16.8. The molecule has 0 aliphatic heterocycles. The van der Waals surface area contributed by atoms with Crippen LogP contribution in [0, 0.1) is 0 Å². The first kappa shape index (κ1) is 21.6. The van der Waals surface area contributed by atoms with Gasteiger partial charge in [-0.3, -0.25) is 4.79 Å². The second-order valence-electron chi connectivity index (χ2n) is 6.77. The number of amides is 1. The lowest BCUT2D eigenvalue weighted by molar-refractivity contribution is -0.125. The van der Waals surface area contributed by atoms with Crippen LogP contribution in [-0.2, 0) is 21.4 Å². The van der Waals surface area contributed by atoms with Gasteiger partial charge in [0.2, 0.25) is 5.91 Å². The van der Waals surface area contributed by atoms with Crippen molar-refractivity contribution in [3.63, 3.8) is 0 Å². The van der Waals surface area contributed by atoms with Crippen molar-refractivity contribution < 1.29 is 13.2 Å². The van der Waals surface area contributed by atoms with Gasteiger partial charge in [0.25, 0.3) is 10.0 Å². The summed E-state index contributed by atoms with van der Waals surface area (Å²) in [5, 5.41) is 0. The highest BCUT2D eigenvalue weighted by atomic mass is 32.2. The van der Waals surface area contributed by atoms with Crippen molar-refractivity contribution in [3.8, 4) is 0 Å². The van der Waals surface area contributed by atoms with Crippen LogP contribution >= 0.6 is 0 Å². The van der Waals surface area contributed by atoms with Crippen molar-refractivity contribution in [2.75, 3.05) is 21.1 Å². The van der Waals surface area contributed by atoms with Crippen molar-refractivity contribution in [1.82, 2.24) is 9.21 Å². The minimum absolute atomic E-state index is 0.161. The van der Waals surface area contributed by atoms with Gasteiger partial charge >= 0.3 is 0 Å². The van der Waals surface area contributed by atoms with E-state index in [9.17, 15) is 13.2 Å². The monoisotopic (exact) mass is 368 g/mol. The average molecular weight is 369 g/mol. The van der Waals surface area contributed by atoms with E-state index in [0.29, 0.717) is 0 Å². The molecule has 1 amide bonds. The van der Waals surface area contributed by atoms with Gasteiger partial charge in [0.1, 0.15) is 0 Å². The number of hydrogen-bond donors (Lipinski definition) is 0. The molecule has 0 fully saturated rings. The van der Waals surface area contributed by atoms with E-state index in [1.807, 2.05) is 19.0 Å². The number of carbonyl (C=O) groups is 1. The lowest BCUT2D eigenvalue weighted by Crippen LogP contribution is -2.33. The predicted octanol–water partition coefficient (Wildman–Crippen LogP) is 3.65. The number of carbonyl (C=O) groups excluding carboxylic acids is 1. The van der Waals surface area contributed by atoms with Crippen LogP contribution in [0.3, 0.4) is 0 Å². The van der Waals surface area contributed by atoms with Crippen molar-refractivity contribution in [2.24, 2.45) is 0 Å². The highest BCUT2D eigenvalue weighted by Gasteiger charge is 2.24. The van der Waals surface area contributed by atoms with Gasteiger partial charge in [0.15, 0.2) is 0 Å². The summed E-state index contributed by atoms with van der Waals surface area (Å²) in [6.45, 7) is 2.91. The minimum Gasteiger partial charge on any atom is -0.305 e. The molecule has 142 valence electrons. The molecule has 1 aromatic rings. The maximum Gasteiger partial charge on any atom is 0.266 e. The van der Waals surface area contributed by atoms with Gasteiger partial charge in [-0.05, 0) is 38.2 Å². The smallest absolute Gasteiger partial charge is 0.266 e. The molecule has 0 spiro atoms. The van der Waals surface area contributed by atoms with Crippen LogP contribution < -0.4 is 0 Å². The Bertz CT molecular complexity index is 625. The third kappa shape index (κ3) is 7.16. The Morgan fingerprint density at radius 1 is 0.920 bits per heavy atom. The molecule has 0 heterocycles. The van der Waals surface area contributed by atoms with Crippen LogP contribution in [-0.4, -0.2) is 44.7 Å². The molecule has 5 nitrogen and oxygen atoms in total. The highest BCUT2D eigenvalue weighted by molar-refractivity contribution is 7.89. The van der Waals surface area contributed by atoms with Crippen molar-refractivity contribution in [3.05, 3.63) is 29.8 Å². The van der Waals surface area contributed by atoms with Crippen molar-refractivity contribution >= 4 is 15.9 Å². The minimum atomic E-state index is -3.76. The van der Waals surface area contributed by atoms with Crippen LogP contribution in [0.15, 0.2) is 29.2 Å². The Kier molecular flexibility index (Phi) is 9.14. The molecule has 25 heavy (non-hydrogen) atoms. The summed E-state index contributed by atoms with van der Waals surface area (Å²) in [5.41, 5.74) is 1.03. The molecule has 0 aliphatic carbocycles. The quantitative estimate of drug-likeness (QED) is 0.560. The van der Waals surface area contributed by atoms with Crippen LogP contribution in [0.25, 0.3) is 0 Å². The van der Waals surface area contributed by atoms with Crippen LogP contribution in [0.2, 0.25) is 0 Å². The topological polar surface area (TPSA) is 57.7 Å². The molecule has 1 rings (SSSR count). The zero-order valence-electron chi connectivity index (χ0n) is 16.0. The van der Waals surface area contributed by atoms with E-state index >= 15 is 0 Å². The SMILES string of the molecule is CCCCCCCCC(=O)N(C)S(=O)(=O)c1ccc(CN(C)C)cc1. The van der Waals surface area contributed by atoms with Crippen LogP contribution in [0.4, 0.5) is 0 Å². The number of benzene rings is 1. The average Bonchev–Trinajstić information content (AvgIpc) is 2.57. The third-order valence-electron chi connectivity index (χ3n) is 4.18. The second kappa shape index (κ2) is 10.6. The molecular weight excluding hydrogens is 336 g/mol. The zero-order chi connectivity index (χ0) is 18.9. The molecule has 0 radical (unpaired) electrons. The Morgan fingerprint density at radius 2 is 1.48 bits per heavy atom. The van der Waals surface area contributed by atoms with Gasteiger partial charge in [0, 0.05) is 20.0 Å². The van der Waals surface area contributed by atoms with Crippen molar-refractivity contribution in [1.29, 1.82) is 0 Å². The normalized spacial score (nSPS) is 11.7. The van der Waals surface area contributed by atoms with Crippen LogP contribution in [0.5, 0.6) is 0 Å². The Balaban J connectivity index is 2.59.